The fourth-order valence-electron chi connectivity index (χ4n) is 1.25. The van der Waals surface area contributed by atoms with Crippen molar-refractivity contribution < 1.29 is 4.74 Å². The molecule has 0 unspecified atom stereocenters. The SMILES string of the molecule is COCCCn1c(=O)c(I)cn(C)c1=O. The first kappa shape index (κ1) is 12.4. The zero-order valence-corrected chi connectivity index (χ0v) is 10.9. The van der Waals surface area contributed by atoms with Crippen LogP contribution in [-0.2, 0) is 18.3 Å². The third-order valence-corrected chi connectivity index (χ3v) is 2.76. The van der Waals surface area contributed by atoms with Gasteiger partial charge in [0, 0.05) is 33.5 Å². The molecular weight excluding hydrogens is 311 g/mol. The number of ether oxygens (including phenoxy) is 1. The maximum atomic E-state index is 11.6. The van der Waals surface area contributed by atoms with Gasteiger partial charge in [0.2, 0.25) is 0 Å². The first-order chi connectivity index (χ1) is 7.07. The maximum absolute atomic E-state index is 11.6. The van der Waals surface area contributed by atoms with Crippen LogP contribution in [0.3, 0.4) is 0 Å². The Balaban J connectivity index is 3.05. The van der Waals surface area contributed by atoms with Crippen LogP contribution >= 0.6 is 22.6 Å². The average Bonchev–Trinajstić information content (AvgIpc) is 2.20. The van der Waals surface area contributed by atoms with Gasteiger partial charge >= 0.3 is 5.69 Å². The lowest BCUT2D eigenvalue weighted by Gasteiger charge is -2.07. The molecule has 5 nitrogen and oxygen atoms in total. The summed E-state index contributed by atoms with van der Waals surface area (Å²) in [6.45, 7) is 0.942. The van der Waals surface area contributed by atoms with Gasteiger partial charge in [-0.2, -0.15) is 0 Å². The minimum absolute atomic E-state index is 0.227. The molecule has 0 aromatic carbocycles. The number of rotatable bonds is 4. The lowest BCUT2D eigenvalue weighted by Crippen LogP contribution is -2.40. The van der Waals surface area contributed by atoms with Crippen molar-refractivity contribution in [1.82, 2.24) is 9.13 Å². The largest absolute Gasteiger partial charge is 0.385 e. The van der Waals surface area contributed by atoms with Gasteiger partial charge in [0.15, 0.2) is 0 Å². The molecule has 0 saturated carbocycles. The Morgan fingerprint density at radius 1 is 1.47 bits per heavy atom. The number of nitrogens with zero attached hydrogens (tertiary/aromatic N) is 2. The Morgan fingerprint density at radius 2 is 2.13 bits per heavy atom. The van der Waals surface area contributed by atoms with Crippen LogP contribution in [0.5, 0.6) is 0 Å². The smallest absolute Gasteiger partial charge is 0.330 e. The van der Waals surface area contributed by atoms with Gasteiger partial charge in [-0.3, -0.25) is 9.36 Å². The molecule has 0 amide bonds. The molecule has 0 aliphatic carbocycles. The molecule has 0 bridgehead atoms. The molecule has 0 aliphatic heterocycles. The highest BCUT2D eigenvalue weighted by molar-refractivity contribution is 14.1. The number of hydrogen-bond donors (Lipinski definition) is 0. The normalized spacial score (nSPS) is 10.6. The van der Waals surface area contributed by atoms with E-state index in [1.807, 2.05) is 22.6 Å². The fourth-order valence-corrected chi connectivity index (χ4v) is 1.96. The van der Waals surface area contributed by atoms with Crippen molar-refractivity contribution in [3.63, 3.8) is 0 Å². The Kier molecular flexibility index (Phi) is 4.52. The van der Waals surface area contributed by atoms with E-state index in [1.165, 1.54) is 15.3 Å². The molecule has 0 saturated heterocycles. The van der Waals surface area contributed by atoms with Gasteiger partial charge in [-0.15, -0.1) is 0 Å². The number of methoxy groups -OCH3 is 1. The molecule has 1 heterocycles. The van der Waals surface area contributed by atoms with Gasteiger partial charge in [-0.05, 0) is 29.0 Å². The molecule has 0 fully saturated rings. The lowest BCUT2D eigenvalue weighted by molar-refractivity contribution is 0.189. The van der Waals surface area contributed by atoms with E-state index in [4.69, 9.17) is 4.74 Å². The van der Waals surface area contributed by atoms with Crippen molar-refractivity contribution in [3.05, 3.63) is 30.6 Å². The summed E-state index contributed by atoms with van der Waals surface area (Å²) in [5.41, 5.74) is -0.508. The van der Waals surface area contributed by atoms with E-state index >= 15 is 0 Å². The summed E-state index contributed by atoms with van der Waals surface area (Å²) in [7, 11) is 3.23. The summed E-state index contributed by atoms with van der Waals surface area (Å²) in [5.74, 6) is 0. The van der Waals surface area contributed by atoms with Crippen LogP contribution in [0.15, 0.2) is 15.8 Å². The summed E-state index contributed by atoms with van der Waals surface area (Å²) in [6.07, 6.45) is 2.20. The Labute approximate surface area is 101 Å². The third-order valence-electron chi connectivity index (χ3n) is 2.02. The van der Waals surface area contributed by atoms with Gasteiger partial charge in [-0.25, -0.2) is 4.79 Å². The molecule has 1 aromatic rings. The summed E-state index contributed by atoms with van der Waals surface area (Å²) in [5, 5.41) is 0. The Bertz CT molecular complexity index is 415. The van der Waals surface area contributed by atoms with E-state index in [2.05, 4.69) is 0 Å². The highest BCUT2D eigenvalue weighted by Gasteiger charge is 2.06. The van der Waals surface area contributed by atoms with E-state index < -0.39 is 0 Å². The van der Waals surface area contributed by atoms with Crippen LogP contribution in [0.4, 0.5) is 0 Å². The second kappa shape index (κ2) is 5.45. The standard InChI is InChI=1S/C9H13IN2O3/c1-11-6-7(10)8(13)12(9(11)14)4-3-5-15-2/h6H,3-5H2,1-2H3. The fraction of sp³-hybridized carbons (Fsp3) is 0.556. The molecule has 1 aromatic heterocycles. The van der Waals surface area contributed by atoms with Crippen molar-refractivity contribution in [3.8, 4) is 0 Å². The first-order valence-electron chi connectivity index (χ1n) is 4.53. The number of halogens is 1. The van der Waals surface area contributed by atoms with Gasteiger partial charge in [-0.1, -0.05) is 0 Å². The second-order valence-corrected chi connectivity index (χ2v) is 4.34. The monoisotopic (exact) mass is 324 g/mol. The number of aryl methyl sites for hydroxylation is 1. The molecule has 1 rings (SSSR count). The molecule has 0 spiro atoms. The lowest BCUT2D eigenvalue weighted by atomic mass is 10.4. The Hall–Kier alpha value is -0.630. The van der Waals surface area contributed by atoms with E-state index in [0.717, 1.165) is 0 Å². The summed E-state index contributed by atoms with van der Waals surface area (Å²) < 4.78 is 8.08. The number of aromatic nitrogens is 2. The van der Waals surface area contributed by atoms with E-state index in [1.54, 1.807) is 14.2 Å². The minimum Gasteiger partial charge on any atom is -0.385 e. The molecule has 0 aliphatic rings. The highest BCUT2D eigenvalue weighted by atomic mass is 127. The molecule has 15 heavy (non-hydrogen) atoms. The summed E-state index contributed by atoms with van der Waals surface area (Å²) in [6, 6.07) is 0. The quantitative estimate of drug-likeness (QED) is 0.587. The van der Waals surface area contributed by atoms with E-state index in [-0.39, 0.29) is 11.2 Å². The second-order valence-electron chi connectivity index (χ2n) is 3.17. The first-order valence-corrected chi connectivity index (χ1v) is 5.60. The average molecular weight is 324 g/mol. The molecular formula is C9H13IN2O3. The van der Waals surface area contributed by atoms with Crippen LogP contribution in [0, 0.1) is 3.57 Å². The van der Waals surface area contributed by atoms with Crippen molar-refractivity contribution in [2.24, 2.45) is 7.05 Å². The van der Waals surface area contributed by atoms with Crippen molar-refractivity contribution in [2.75, 3.05) is 13.7 Å². The van der Waals surface area contributed by atoms with Gasteiger partial charge in [0.1, 0.15) is 0 Å². The van der Waals surface area contributed by atoms with Gasteiger partial charge in [0.25, 0.3) is 5.56 Å². The van der Waals surface area contributed by atoms with Gasteiger partial charge < -0.3 is 9.30 Å². The molecule has 6 heteroatoms. The molecule has 0 atom stereocenters. The maximum Gasteiger partial charge on any atom is 0.330 e. The predicted molar refractivity (Wildman–Crippen MR) is 65.2 cm³/mol. The third kappa shape index (κ3) is 2.91. The van der Waals surface area contributed by atoms with Crippen molar-refractivity contribution in [2.45, 2.75) is 13.0 Å². The predicted octanol–water partition coefficient (Wildman–Crippen LogP) is 0.188. The van der Waals surface area contributed by atoms with Crippen LogP contribution in [0.2, 0.25) is 0 Å². The topological polar surface area (TPSA) is 53.2 Å². The Morgan fingerprint density at radius 3 is 2.73 bits per heavy atom. The van der Waals surface area contributed by atoms with Crippen LogP contribution in [0.25, 0.3) is 0 Å². The molecule has 84 valence electrons. The molecule has 0 N–H and O–H groups in total. The van der Waals surface area contributed by atoms with Crippen molar-refractivity contribution >= 4 is 22.6 Å². The zero-order valence-electron chi connectivity index (χ0n) is 8.70. The van der Waals surface area contributed by atoms with Gasteiger partial charge in [0.05, 0.1) is 3.57 Å². The highest BCUT2D eigenvalue weighted by Crippen LogP contribution is 1.93. The summed E-state index contributed by atoms with van der Waals surface area (Å²) >= 11 is 1.93. The minimum atomic E-state index is -0.281. The number of hydrogen-bond acceptors (Lipinski definition) is 3. The zero-order chi connectivity index (χ0) is 11.4. The van der Waals surface area contributed by atoms with Crippen LogP contribution in [-0.4, -0.2) is 22.9 Å². The molecule has 0 radical (unpaired) electrons. The van der Waals surface area contributed by atoms with Crippen LogP contribution in [0.1, 0.15) is 6.42 Å². The van der Waals surface area contributed by atoms with E-state index in [9.17, 15) is 9.59 Å². The van der Waals surface area contributed by atoms with E-state index in [0.29, 0.717) is 23.1 Å². The van der Waals surface area contributed by atoms with Crippen LogP contribution < -0.4 is 11.2 Å². The summed E-state index contributed by atoms with van der Waals surface area (Å²) in [4.78, 5) is 23.3. The van der Waals surface area contributed by atoms with Crippen molar-refractivity contribution in [1.29, 1.82) is 0 Å².